The van der Waals surface area contributed by atoms with E-state index in [1.807, 2.05) is 0 Å². The van der Waals surface area contributed by atoms with Crippen LogP contribution in [0.15, 0.2) is 50.0 Å². The first-order valence-corrected chi connectivity index (χ1v) is 16.2. The predicted molar refractivity (Wildman–Crippen MR) is 179 cm³/mol. The van der Waals surface area contributed by atoms with Gasteiger partial charge in [-0.15, -0.1) is 5.10 Å². The average molecular weight is 568 g/mol. The number of benzene rings is 1. The Morgan fingerprint density at radius 1 is 1.17 bits per heavy atom. The van der Waals surface area contributed by atoms with Crippen LogP contribution in [0.2, 0.25) is 12.6 Å². The third kappa shape index (κ3) is 5.75. The first kappa shape index (κ1) is 30.7. The van der Waals surface area contributed by atoms with Crippen LogP contribution in [0.1, 0.15) is 90.2 Å². The molecule has 6 rings (SSSR count). The van der Waals surface area contributed by atoms with E-state index in [0.29, 0.717) is 41.6 Å². The molecule has 3 aliphatic carbocycles. The number of nitrogens with one attached hydrogen (secondary N) is 1. The van der Waals surface area contributed by atoms with Crippen LogP contribution >= 0.6 is 0 Å². The number of hydrogen-bond donors (Lipinski definition) is 2. The first-order valence-electron chi connectivity index (χ1n) is 16.2. The van der Waals surface area contributed by atoms with Crippen LogP contribution in [0.25, 0.3) is 11.3 Å². The minimum atomic E-state index is 0.210. The normalized spacial score (nSPS) is 26.7. The second-order valence-electron chi connectivity index (χ2n) is 15.9. The molecule has 226 valence electrons. The summed E-state index contributed by atoms with van der Waals surface area (Å²) in [6.07, 6.45) is 10.1. The second kappa shape index (κ2) is 11.1. The van der Waals surface area contributed by atoms with Crippen molar-refractivity contribution in [2.24, 2.45) is 39.7 Å². The zero-order chi connectivity index (χ0) is 30.6. The number of nitrogens with zero attached hydrogens (tertiary/aromatic N) is 3. The van der Waals surface area contributed by atoms with E-state index >= 15 is 0 Å². The molecule has 5 atom stereocenters. The number of hydrogen-bond acceptors (Lipinski definition) is 4. The molecule has 3 saturated carbocycles. The third-order valence-corrected chi connectivity index (χ3v) is 11.4. The van der Waals surface area contributed by atoms with Crippen molar-refractivity contribution in [2.75, 3.05) is 0 Å². The summed E-state index contributed by atoms with van der Waals surface area (Å²) in [4.78, 5) is 4.30. The number of nitrogens with two attached hydrogens (primary N) is 1. The highest BCUT2D eigenvalue weighted by molar-refractivity contribution is 6.61. The molecule has 3 N–H and O–H groups in total. The number of allylic oxidation sites excluding steroid dienone is 2. The number of rotatable bonds is 11. The summed E-state index contributed by atoms with van der Waals surface area (Å²) in [6.45, 7) is 30.8. The minimum absolute atomic E-state index is 0.210. The fourth-order valence-corrected chi connectivity index (χ4v) is 9.33. The van der Waals surface area contributed by atoms with Crippen LogP contribution < -0.4 is 11.1 Å². The Labute approximate surface area is 255 Å². The maximum Gasteiger partial charge on any atom is 0.196 e. The van der Waals surface area contributed by atoms with Crippen molar-refractivity contribution in [1.82, 2.24) is 20.1 Å². The Morgan fingerprint density at radius 2 is 1.90 bits per heavy atom. The van der Waals surface area contributed by atoms with Gasteiger partial charge in [0.25, 0.3) is 0 Å². The predicted octanol–water partition coefficient (Wildman–Crippen LogP) is 7.67. The lowest BCUT2D eigenvalue weighted by molar-refractivity contribution is -0.165. The van der Waals surface area contributed by atoms with Gasteiger partial charge in [-0.2, -0.15) is 0 Å². The molecule has 6 heteroatoms. The molecule has 0 radical (unpaired) electrons. The summed E-state index contributed by atoms with van der Waals surface area (Å²) in [6, 6.07) is 6.88. The van der Waals surface area contributed by atoms with Gasteiger partial charge < -0.3 is 11.1 Å². The molecular formula is C36H54BN5. The highest BCUT2D eigenvalue weighted by atomic mass is 15.3. The van der Waals surface area contributed by atoms with Crippen molar-refractivity contribution in [3.05, 3.63) is 72.5 Å². The minimum Gasteiger partial charge on any atom is -0.396 e. The van der Waals surface area contributed by atoms with Crippen LogP contribution in [0.3, 0.4) is 0 Å². The van der Waals surface area contributed by atoms with Gasteiger partial charge in [0, 0.05) is 11.6 Å². The first-order chi connectivity index (χ1) is 19.6. The second-order valence-corrected chi connectivity index (χ2v) is 15.9. The molecule has 1 aliphatic heterocycles. The van der Waals surface area contributed by atoms with Crippen LogP contribution in [-0.4, -0.2) is 27.4 Å². The molecule has 4 fully saturated rings. The Kier molecular flexibility index (Phi) is 8.09. The molecule has 2 aromatic rings. The van der Waals surface area contributed by atoms with E-state index in [1.165, 1.54) is 47.7 Å². The fourth-order valence-electron chi connectivity index (χ4n) is 9.33. The molecule has 1 aromatic heterocycles. The van der Waals surface area contributed by atoms with Gasteiger partial charge >= 0.3 is 0 Å². The van der Waals surface area contributed by atoms with Gasteiger partial charge in [-0.3, -0.25) is 0 Å². The van der Waals surface area contributed by atoms with Gasteiger partial charge in [0.2, 0.25) is 0 Å². The topological polar surface area (TPSA) is 68.8 Å². The molecule has 2 heterocycles. The van der Waals surface area contributed by atoms with E-state index in [4.69, 9.17) is 5.73 Å². The van der Waals surface area contributed by atoms with Crippen molar-refractivity contribution in [3.8, 4) is 0 Å². The third-order valence-electron chi connectivity index (χ3n) is 11.4. The van der Waals surface area contributed by atoms with E-state index in [0.717, 1.165) is 42.7 Å². The van der Waals surface area contributed by atoms with E-state index in [9.17, 15) is 0 Å². The van der Waals surface area contributed by atoms with Crippen LogP contribution in [0.4, 0.5) is 0 Å². The highest BCUT2D eigenvalue weighted by Crippen LogP contribution is 2.72. The van der Waals surface area contributed by atoms with Gasteiger partial charge in [0.05, 0.1) is 12.2 Å². The zero-order valence-corrected chi connectivity index (χ0v) is 27.4. The van der Waals surface area contributed by atoms with Gasteiger partial charge in [-0.05, 0) is 88.4 Å². The molecule has 1 aromatic carbocycles. The summed E-state index contributed by atoms with van der Waals surface area (Å²) in [5.74, 6) is 3.36. The summed E-state index contributed by atoms with van der Waals surface area (Å²) >= 11 is 0. The van der Waals surface area contributed by atoms with E-state index in [2.05, 4.69) is 102 Å². The SMILES string of the molecule is C=C(Cn1cnc(C(=C)N)n1)NC(Cc1cccc(C(=C)CC(C)(C)C)c1CC)B1CC2CC3CC(C3(C)C)[C@]2(C)C1. The lowest BCUT2D eigenvalue weighted by atomic mass is 9.37. The van der Waals surface area contributed by atoms with Crippen LogP contribution in [0, 0.1) is 34.0 Å². The van der Waals surface area contributed by atoms with Gasteiger partial charge in [0.15, 0.2) is 12.5 Å². The molecule has 42 heavy (non-hydrogen) atoms. The quantitative estimate of drug-likeness (QED) is 0.274. The number of aromatic nitrogens is 3. The largest absolute Gasteiger partial charge is 0.396 e. The molecule has 0 spiro atoms. The maximum atomic E-state index is 5.83. The standard InChI is InChI=1S/C36H54BN5/c1-11-29-26(13-12-14-30(29)23(2)18-34(5,6)7)15-32(40-24(3)20-42-22-39-33(41-42)25(4)38)37-19-28-16-27-17-31(35(27,8)9)36(28,10)21-37/h12-14,22,27-28,31-32,40H,2-4,11,15-21,38H2,1,5-10H3/t27?,28?,31?,32?,36-/m1/s1. The van der Waals surface area contributed by atoms with Crippen molar-refractivity contribution in [1.29, 1.82) is 0 Å². The molecule has 4 unspecified atom stereocenters. The Balaban J connectivity index is 1.42. The molecule has 2 bridgehead atoms. The summed E-state index contributed by atoms with van der Waals surface area (Å²) < 4.78 is 1.81. The molecule has 0 amide bonds. The lowest BCUT2D eigenvalue weighted by Gasteiger charge is -2.66. The van der Waals surface area contributed by atoms with E-state index in [1.54, 1.807) is 11.0 Å². The van der Waals surface area contributed by atoms with Crippen LogP contribution in [0.5, 0.6) is 0 Å². The van der Waals surface area contributed by atoms with E-state index in [-0.39, 0.29) is 5.41 Å². The van der Waals surface area contributed by atoms with E-state index < -0.39 is 0 Å². The molecule has 1 saturated heterocycles. The summed E-state index contributed by atoms with van der Waals surface area (Å²) in [5, 5.41) is 8.45. The van der Waals surface area contributed by atoms with Crippen molar-refractivity contribution in [3.63, 3.8) is 0 Å². The monoisotopic (exact) mass is 567 g/mol. The van der Waals surface area contributed by atoms with Crippen molar-refractivity contribution < 1.29 is 0 Å². The van der Waals surface area contributed by atoms with Crippen LogP contribution in [-0.2, 0) is 19.4 Å². The average Bonchev–Trinajstić information content (AvgIpc) is 3.50. The smallest absolute Gasteiger partial charge is 0.196 e. The highest BCUT2D eigenvalue weighted by Gasteiger charge is 2.65. The Bertz CT molecular complexity index is 1360. The molecule has 5 nitrogen and oxygen atoms in total. The molecule has 4 aliphatic rings. The molecular weight excluding hydrogens is 513 g/mol. The van der Waals surface area contributed by atoms with Gasteiger partial charge in [-0.1, -0.05) is 99.0 Å². The maximum absolute atomic E-state index is 5.83. The van der Waals surface area contributed by atoms with Crippen molar-refractivity contribution >= 4 is 18.0 Å². The summed E-state index contributed by atoms with van der Waals surface area (Å²) in [5.41, 5.74) is 13.8. The van der Waals surface area contributed by atoms with Gasteiger partial charge in [0.1, 0.15) is 6.33 Å². The van der Waals surface area contributed by atoms with Gasteiger partial charge in [-0.25, -0.2) is 9.67 Å². The van der Waals surface area contributed by atoms with Crippen molar-refractivity contribution in [2.45, 2.75) is 106 Å². The Hall–Kier alpha value is -2.76. The zero-order valence-electron chi connectivity index (χ0n) is 27.4. The Morgan fingerprint density at radius 3 is 2.52 bits per heavy atom. The summed E-state index contributed by atoms with van der Waals surface area (Å²) in [7, 11) is 0. The lowest BCUT2D eigenvalue weighted by Crippen LogP contribution is -2.59. The fraction of sp³-hybridized carbons (Fsp3) is 0.611.